The topological polar surface area (TPSA) is 61.9 Å². The number of hydrogen-bond acceptors (Lipinski definition) is 4. The van der Waals surface area contributed by atoms with Crippen LogP contribution in [0.2, 0.25) is 0 Å². The summed E-state index contributed by atoms with van der Waals surface area (Å²) in [5.41, 5.74) is 10.8. The molecule has 0 aliphatic heterocycles. The molecule has 0 aliphatic rings. The van der Waals surface area contributed by atoms with Gasteiger partial charge >= 0.3 is 0 Å². The van der Waals surface area contributed by atoms with Crippen molar-refractivity contribution in [2.75, 3.05) is 0 Å². The maximum absolute atomic E-state index is 6.63. The lowest BCUT2D eigenvalue weighted by molar-refractivity contribution is 0.666. The molecule has 5 aromatic heterocycles. The highest BCUT2D eigenvalue weighted by atomic mass is 16.3. The van der Waals surface area contributed by atoms with E-state index in [9.17, 15) is 0 Å². The fraction of sp³-hybridized carbons (Fsp3) is 0. The first-order chi connectivity index (χ1) is 27.8. The zero-order valence-corrected chi connectivity index (χ0v) is 29.8. The second-order valence-electron chi connectivity index (χ2n) is 14.5. The summed E-state index contributed by atoms with van der Waals surface area (Å²) >= 11 is 0. The van der Waals surface area contributed by atoms with Gasteiger partial charge in [-0.05, 0) is 65.4 Å². The maximum atomic E-state index is 6.63. The minimum Gasteiger partial charge on any atom is -0.456 e. The molecule has 0 saturated heterocycles. The van der Waals surface area contributed by atoms with Crippen LogP contribution in [0, 0.1) is 0 Å². The molecule has 0 amide bonds. The van der Waals surface area contributed by atoms with Crippen molar-refractivity contribution in [1.82, 2.24) is 19.1 Å². The van der Waals surface area contributed by atoms with Crippen molar-refractivity contribution < 1.29 is 8.83 Å². The normalized spacial score (nSPS) is 12.3. The van der Waals surface area contributed by atoms with Gasteiger partial charge in [0.2, 0.25) is 5.95 Å². The summed E-state index contributed by atoms with van der Waals surface area (Å²) in [7, 11) is 0. The quantitative estimate of drug-likeness (QED) is 0.183. The van der Waals surface area contributed by atoms with Gasteiger partial charge in [0.25, 0.3) is 0 Å². The van der Waals surface area contributed by atoms with E-state index in [4.69, 9.17) is 18.8 Å². The van der Waals surface area contributed by atoms with Gasteiger partial charge in [-0.15, -0.1) is 0 Å². The summed E-state index contributed by atoms with van der Waals surface area (Å²) in [6, 6.07) is 59.5. The standard InChI is InChI=1S/C50H28N4O2/c1-2-13-31(14-3-1)53-39-19-9-6-16-33(39)35-25-26-36-34-17-7-10-20-40(34)54(48(36)47(35)53)50-51-45(49-46(52-50)38-18-8-11-21-41(38)56-49)30-22-24-37-43(28-30)55-42-27-23-29-12-4-5-15-32(29)44(37)42/h1-28H. The van der Waals surface area contributed by atoms with Crippen LogP contribution in [-0.2, 0) is 0 Å². The zero-order valence-electron chi connectivity index (χ0n) is 29.8. The number of benzene rings is 8. The van der Waals surface area contributed by atoms with Gasteiger partial charge in [-0.25, -0.2) is 9.97 Å². The number of rotatable bonds is 3. The summed E-state index contributed by atoms with van der Waals surface area (Å²) in [4.78, 5) is 10.9. The molecule has 5 heterocycles. The molecule has 6 heteroatoms. The molecule has 0 N–H and O–H groups in total. The molecule has 0 unspecified atom stereocenters. The van der Waals surface area contributed by atoms with E-state index in [-0.39, 0.29) is 0 Å². The van der Waals surface area contributed by atoms with E-state index in [1.807, 2.05) is 18.2 Å². The van der Waals surface area contributed by atoms with Crippen LogP contribution in [0.5, 0.6) is 0 Å². The zero-order chi connectivity index (χ0) is 36.5. The van der Waals surface area contributed by atoms with Crippen LogP contribution >= 0.6 is 0 Å². The van der Waals surface area contributed by atoms with E-state index >= 15 is 0 Å². The molecule has 13 rings (SSSR count). The number of nitrogens with zero attached hydrogens (tertiary/aromatic N) is 4. The van der Waals surface area contributed by atoms with Gasteiger partial charge in [-0.1, -0.05) is 115 Å². The Morgan fingerprint density at radius 2 is 1.05 bits per heavy atom. The third kappa shape index (κ3) is 3.94. The minimum absolute atomic E-state index is 0.568. The second-order valence-corrected chi connectivity index (χ2v) is 14.5. The van der Waals surface area contributed by atoms with Crippen molar-refractivity contribution in [1.29, 1.82) is 0 Å². The highest BCUT2D eigenvalue weighted by molar-refractivity contribution is 6.24. The number of para-hydroxylation sites is 4. The predicted octanol–water partition coefficient (Wildman–Crippen LogP) is 13.3. The molecule has 6 nitrogen and oxygen atoms in total. The first-order valence-corrected chi connectivity index (χ1v) is 18.8. The molecule has 260 valence electrons. The van der Waals surface area contributed by atoms with Gasteiger partial charge in [-0.3, -0.25) is 4.57 Å². The lowest BCUT2D eigenvalue weighted by atomic mass is 10.0. The summed E-state index contributed by atoms with van der Waals surface area (Å²) in [5.74, 6) is 0.568. The number of fused-ring (bicyclic) bond motifs is 15. The van der Waals surface area contributed by atoms with Crippen LogP contribution in [0.15, 0.2) is 179 Å². The van der Waals surface area contributed by atoms with E-state index in [1.54, 1.807) is 0 Å². The molecule has 0 spiro atoms. The Morgan fingerprint density at radius 1 is 0.411 bits per heavy atom. The maximum Gasteiger partial charge on any atom is 0.236 e. The largest absolute Gasteiger partial charge is 0.456 e. The van der Waals surface area contributed by atoms with Crippen molar-refractivity contribution in [3.05, 3.63) is 170 Å². The van der Waals surface area contributed by atoms with Crippen LogP contribution in [0.25, 0.3) is 121 Å². The molecule has 0 radical (unpaired) electrons. The van der Waals surface area contributed by atoms with E-state index in [0.29, 0.717) is 17.2 Å². The van der Waals surface area contributed by atoms with Gasteiger partial charge in [0.15, 0.2) is 5.58 Å². The fourth-order valence-corrected chi connectivity index (χ4v) is 9.12. The summed E-state index contributed by atoms with van der Waals surface area (Å²) in [5, 5.41) is 10.1. The summed E-state index contributed by atoms with van der Waals surface area (Å²) in [6.07, 6.45) is 0. The van der Waals surface area contributed by atoms with E-state index < -0.39 is 0 Å². The van der Waals surface area contributed by atoms with Gasteiger partial charge in [0, 0.05) is 49.0 Å². The van der Waals surface area contributed by atoms with Crippen LogP contribution in [0.3, 0.4) is 0 Å². The average Bonchev–Trinajstić information content (AvgIpc) is 4.01. The average molecular weight is 717 g/mol. The minimum atomic E-state index is 0.568. The Bertz CT molecular complexity index is 3770. The van der Waals surface area contributed by atoms with Crippen molar-refractivity contribution in [2.45, 2.75) is 0 Å². The molecule has 0 aliphatic carbocycles. The van der Waals surface area contributed by atoms with Crippen LogP contribution in [0.4, 0.5) is 0 Å². The van der Waals surface area contributed by atoms with Gasteiger partial charge in [0.05, 0.1) is 22.1 Å². The monoisotopic (exact) mass is 716 g/mol. The van der Waals surface area contributed by atoms with Gasteiger partial charge in [0.1, 0.15) is 28.0 Å². The Labute approximate surface area is 318 Å². The molecule has 0 fully saturated rings. The third-order valence-electron chi connectivity index (χ3n) is 11.5. The third-order valence-corrected chi connectivity index (χ3v) is 11.5. The van der Waals surface area contributed by atoms with Crippen LogP contribution in [0.1, 0.15) is 0 Å². The first kappa shape index (κ1) is 29.7. The lowest BCUT2D eigenvalue weighted by Crippen LogP contribution is -2.04. The van der Waals surface area contributed by atoms with Crippen LogP contribution < -0.4 is 0 Å². The summed E-state index contributed by atoms with van der Waals surface area (Å²) in [6.45, 7) is 0. The second kappa shape index (κ2) is 10.9. The number of aromatic nitrogens is 4. The molecule has 8 aromatic carbocycles. The molecule has 0 bridgehead atoms. The molecule has 56 heavy (non-hydrogen) atoms. The Kier molecular flexibility index (Phi) is 5.80. The molecule has 0 saturated carbocycles. The lowest BCUT2D eigenvalue weighted by Gasteiger charge is -2.12. The highest BCUT2D eigenvalue weighted by Crippen LogP contribution is 2.43. The van der Waals surface area contributed by atoms with Crippen molar-refractivity contribution >= 4 is 98.4 Å². The highest BCUT2D eigenvalue weighted by Gasteiger charge is 2.25. The predicted molar refractivity (Wildman–Crippen MR) is 228 cm³/mol. The van der Waals surface area contributed by atoms with Crippen LogP contribution in [-0.4, -0.2) is 19.1 Å². The smallest absolute Gasteiger partial charge is 0.236 e. The summed E-state index contributed by atoms with van der Waals surface area (Å²) < 4.78 is 17.8. The molecular formula is C50H28N4O2. The Hall–Kier alpha value is -7.70. The van der Waals surface area contributed by atoms with Gasteiger partial charge < -0.3 is 13.4 Å². The van der Waals surface area contributed by atoms with Gasteiger partial charge in [-0.2, -0.15) is 0 Å². The first-order valence-electron chi connectivity index (χ1n) is 18.8. The van der Waals surface area contributed by atoms with Crippen molar-refractivity contribution in [2.24, 2.45) is 0 Å². The van der Waals surface area contributed by atoms with E-state index in [1.165, 1.54) is 21.5 Å². The van der Waals surface area contributed by atoms with E-state index in [2.05, 4.69) is 161 Å². The SMILES string of the molecule is c1ccc(-n2c3ccccc3c3ccc4c5ccccc5n(-c5nc(-c6ccc7c(c6)oc6ccc8ccccc8c67)c6oc7ccccc7c6n5)c4c32)cc1. The molecule has 13 aromatic rings. The Morgan fingerprint density at radius 3 is 1.86 bits per heavy atom. The fourth-order valence-electron chi connectivity index (χ4n) is 9.12. The molecular weight excluding hydrogens is 689 g/mol. The molecule has 0 atom stereocenters. The number of hydrogen-bond donors (Lipinski definition) is 0. The number of furan rings is 2. The van der Waals surface area contributed by atoms with E-state index in [0.717, 1.165) is 82.5 Å². The van der Waals surface area contributed by atoms with Crippen molar-refractivity contribution in [3.8, 4) is 22.9 Å². The Balaban J connectivity index is 1.17. The van der Waals surface area contributed by atoms with Crippen molar-refractivity contribution in [3.63, 3.8) is 0 Å².